The van der Waals surface area contributed by atoms with Gasteiger partial charge in [-0.3, -0.25) is 9.59 Å². The molecule has 0 unspecified atom stereocenters. The van der Waals surface area contributed by atoms with E-state index in [2.05, 4.69) is 15.6 Å². The number of nitrogens with one attached hydrogen (secondary N) is 2. The van der Waals surface area contributed by atoms with E-state index in [9.17, 15) is 14.0 Å². The van der Waals surface area contributed by atoms with E-state index in [-0.39, 0.29) is 22.4 Å². The van der Waals surface area contributed by atoms with Crippen molar-refractivity contribution in [1.29, 1.82) is 0 Å². The zero-order valence-electron chi connectivity index (χ0n) is 13.0. The zero-order chi connectivity index (χ0) is 17.5. The smallest absolute Gasteiger partial charge is 0.263 e. The molecule has 1 aliphatic heterocycles. The highest BCUT2D eigenvalue weighted by molar-refractivity contribution is 7.16. The molecule has 2 heterocycles. The molecule has 0 aliphatic carbocycles. The van der Waals surface area contributed by atoms with Crippen LogP contribution >= 0.6 is 22.9 Å². The van der Waals surface area contributed by atoms with Crippen LogP contribution in [0.1, 0.15) is 29.9 Å². The van der Waals surface area contributed by atoms with Crippen molar-refractivity contribution in [3.63, 3.8) is 0 Å². The molecule has 5 nitrogen and oxygen atoms in total. The molecule has 24 heavy (non-hydrogen) atoms. The topological polar surface area (TPSA) is 71.1 Å². The van der Waals surface area contributed by atoms with Crippen molar-refractivity contribution in [2.24, 2.45) is 0 Å². The maximum Gasteiger partial charge on any atom is 0.263 e. The Morgan fingerprint density at radius 3 is 2.83 bits per heavy atom. The maximum atomic E-state index is 13.4. The van der Waals surface area contributed by atoms with E-state index in [0.29, 0.717) is 21.9 Å². The van der Waals surface area contributed by atoms with Crippen molar-refractivity contribution in [1.82, 2.24) is 15.6 Å². The minimum absolute atomic E-state index is 0.199. The van der Waals surface area contributed by atoms with Gasteiger partial charge in [-0.25, -0.2) is 9.37 Å². The van der Waals surface area contributed by atoms with Gasteiger partial charge in [-0.15, -0.1) is 11.3 Å². The first-order valence-electron chi connectivity index (χ1n) is 7.29. The van der Waals surface area contributed by atoms with Crippen LogP contribution in [0.5, 0.6) is 0 Å². The third-order valence-corrected chi connectivity index (χ3v) is 4.90. The summed E-state index contributed by atoms with van der Waals surface area (Å²) in [7, 11) is 0. The molecule has 0 spiro atoms. The van der Waals surface area contributed by atoms with Gasteiger partial charge in [0.15, 0.2) is 0 Å². The van der Waals surface area contributed by atoms with Crippen LogP contribution in [-0.2, 0) is 4.79 Å². The van der Waals surface area contributed by atoms with Crippen molar-refractivity contribution in [2.75, 3.05) is 0 Å². The Balaban J connectivity index is 1.76. The fraction of sp³-hybridized carbons (Fsp3) is 0.312. The Morgan fingerprint density at radius 2 is 2.21 bits per heavy atom. The number of aromatic nitrogens is 1. The number of nitrogens with zero attached hydrogens (tertiary/aromatic N) is 1. The van der Waals surface area contributed by atoms with Crippen molar-refractivity contribution >= 4 is 34.8 Å². The van der Waals surface area contributed by atoms with E-state index in [1.54, 1.807) is 6.07 Å². The van der Waals surface area contributed by atoms with Gasteiger partial charge in [0.2, 0.25) is 5.91 Å². The third-order valence-electron chi connectivity index (χ3n) is 3.64. The molecular weight excluding hydrogens is 353 g/mol. The molecular formula is C16H15ClFN3O2S. The van der Waals surface area contributed by atoms with Gasteiger partial charge >= 0.3 is 0 Å². The Hall–Kier alpha value is -1.99. The minimum Gasteiger partial charge on any atom is -0.349 e. The molecule has 0 radical (unpaired) electrons. The highest BCUT2D eigenvalue weighted by Crippen LogP contribution is 2.28. The summed E-state index contributed by atoms with van der Waals surface area (Å²) in [5.41, 5.74) is 0.162. The van der Waals surface area contributed by atoms with Gasteiger partial charge in [-0.1, -0.05) is 11.6 Å². The summed E-state index contributed by atoms with van der Waals surface area (Å²) < 4.78 is 13.4. The molecule has 2 N–H and O–H groups in total. The van der Waals surface area contributed by atoms with E-state index in [1.165, 1.54) is 18.3 Å². The predicted molar refractivity (Wildman–Crippen MR) is 90.6 cm³/mol. The lowest BCUT2D eigenvalue weighted by atomic mass is 10.0. The van der Waals surface area contributed by atoms with Crippen molar-refractivity contribution in [3.8, 4) is 10.6 Å². The van der Waals surface area contributed by atoms with Crippen LogP contribution in [0.15, 0.2) is 24.4 Å². The number of thiazole rings is 1. The number of benzene rings is 1. The van der Waals surface area contributed by atoms with Crippen LogP contribution in [0.25, 0.3) is 10.6 Å². The van der Waals surface area contributed by atoms with E-state index in [1.807, 2.05) is 13.8 Å². The molecule has 126 valence electrons. The fourth-order valence-electron chi connectivity index (χ4n) is 2.61. The second-order valence-electron chi connectivity index (χ2n) is 6.29. The first kappa shape index (κ1) is 16.9. The zero-order valence-corrected chi connectivity index (χ0v) is 14.6. The summed E-state index contributed by atoms with van der Waals surface area (Å²) in [5.74, 6) is -1.04. The molecule has 1 aromatic heterocycles. The fourth-order valence-corrected chi connectivity index (χ4v) is 3.64. The van der Waals surface area contributed by atoms with Gasteiger partial charge in [-0.05, 0) is 38.5 Å². The second kappa shape index (κ2) is 6.14. The van der Waals surface area contributed by atoms with Crippen molar-refractivity contribution < 1.29 is 14.0 Å². The molecule has 1 atom stereocenters. The number of carbonyl (C=O) groups excluding carboxylic acids is 2. The molecule has 2 amide bonds. The van der Waals surface area contributed by atoms with Crippen LogP contribution in [0, 0.1) is 5.82 Å². The quantitative estimate of drug-likeness (QED) is 0.876. The maximum absolute atomic E-state index is 13.4. The third kappa shape index (κ3) is 3.57. The highest BCUT2D eigenvalue weighted by Gasteiger charge is 2.38. The molecule has 1 aromatic carbocycles. The number of amides is 2. The van der Waals surface area contributed by atoms with Gasteiger partial charge < -0.3 is 10.6 Å². The molecule has 0 saturated carbocycles. The van der Waals surface area contributed by atoms with Gasteiger partial charge in [0, 0.05) is 16.1 Å². The number of carbonyl (C=O) groups is 2. The van der Waals surface area contributed by atoms with E-state index in [0.717, 1.165) is 11.3 Å². The van der Waals surface area contributed by atoms with Crippen LogP contribution in [0.3, 0.4) is 0 Å². The molecule has 0 bridgehead atoms. The summed E-state index contributed by atoms with van der Waals surface area (Å²) in [6, 6.07) is 3.52. The number of hydrogen-bond acceptors (Lipinski definition) is 4. The molecule has 1 saturated heterocycles. The van der Waals surface area contributed by atoms with Crippen LogP contribution < -0.4 is 10.6 Å². The average Bonchev–Trinajstić information content (AvgIpc) is 3.03. The molecule has 1 aliphatic rings. The number of halogens is 2. The Labute approximate surface area is 147 Å². The standard InChI is InChI=1S/C16H15ClFN3O2S/c1-16(2)6-11(13(22)21-16)20-14(23)12-7-19-15(24-12)8-3-9(17)5-10(18)4-8/h3-5,7,11H,6H2,1-2H3,(H,20,23)(H,21,22)/t11-/m1/s1. The normalized spacial score (nSPS) is 19.2. The van der Waals surface area contributed by atoms with Crippen molar-refractivity contribution in [3.05, 3.63) is 40.1 Å². The Morgan fingerprint density at radius 1 is 1.46 bits per heavy atom. The Bertz CT molecular complexity index is 801. The van der Waals surface area contributed by atoms with E-state index < -0.39 is 11.9 Å². The lowest BCUT2D eigenvalue weighted by molar-refractivity contribution is -0.121. The van der Waals surface area contributed by atoms with Gasteiger partial charge in [0.1, 0.15) is 21.7 Å². The molecule has 1 fully saturated rings. The Kier molecular flexibility index (Phi) is 4.31. The summed E-state index contributed by atoms with van der Waals surface area (Å²) in [6.07, 6.45) is 1.93. The van der Waals surface area contributed by atoms with Gasteiger partial charge in [0.05, 0.1) is 6.20 Å². The molecule has 8 heteroatoms. The summed E-state index contributed by atoms with van der Waals surface area (Å²) in [5, 5.41) is 6.27. The van der Waals surface area contributed by atoms with Crippen LogP contribution in [0.2, 0.25) is 5.02 Å². The number of rotatable bonds is 3. The van der Waals surface area contributed by atoms with Crippen LogP contribution in [-0.4, -0.2) is 28.4 Å². The average molecular weight is 368 g/mol. The summed E-state index contributed by atoms with van der Waals surface area (Å²) >= 11 is 6.95. The van der Waals surface area contributed by atoms with E-state index in [4.69, 9.17) is 11.6 Å². The van der Waals surface area contributed by atoms with Crippen molar-refractivity contribution in [2.45, 2.75) is 31.8 Å². The van der Waals surface area contributed by atoms with Gasteiger partial charge in [0.25, 0.3) is 5.91 Å². The summed E-state index contributed by atoms with van der Waals surface area (Å²) in [6.45, 7) is 3.80. The first-order valence-corrected chi connectivity index (χ1v) is 8.48. The second-order valence-corrected chi connectivity index (χ2v) is 7.76. The first-order chi connectivity index (χ1) is 11.2. The SMILES string of the molecule is CC1(C)C[C@@H](NC(=O)c2cnc(-c3cc(F)cc(Cl)c3)s2)C(=O)N1. The molecule has 3 rings (SSSR count). The van der Waals surface area contributed by atoms with E-state index >= 15 is 0 Å². The molecule has 2 aromatic rings. The monoisotopic (exact) mass is 367 g/mol. The minimum atomic E-state index is -0.568. The lowest BCUT2D eigenvalue weighted by Crippen LogP contribution is -2.40. The summed E-state index contributed by atoms with van der Waals surface area (Å²) in [4.78, 5) is 28.7. The van der Waals surface area contributed by atoms with Crippen LogP contribution in [0.4, 0.5) is 4.39 Å². The highest BCUT2D eigenvalue weighted by atomic mass is 35.5. The number of hydrogen-bond donors (Lipinski definition) is 2. The van der Waals surface area contributed by atoms with Gasteiger partial charge in [-0.2, -0.15) is 0 Å². The lowest BCUT2D eigenvalue weighted by Gasteiger charge is -2.16. The predicted octanol–water partition coefficient (Wildman–Crippen LogP) is 3.00. The largest absolute Gasteiger partial charge is 0.349 e.